The number of aromatic nitrogens is 2. The minimum atomic E-state index is -0.267. The summed E-state index contributed by atoms with van der Waals surface area (Å²) in [4.78, 5) is 0. The lowest BCUT2D eigenvalue weighted by Gasteiger charge is -2.38. The van der Waals surface area contributed by atoms with Gasteiger partial charge in [-0.05, 0) is 49.4 Å². The molecular weight excluding hydrogens is 275 g/mol. The van der Waals surface area contributed by atoms with Crippen LogP contribution < -0.4 is 0 Å². The van der Waals surface area contributed by atoms with E-state index in [4.69, 9.17) is 0 Å². The molecule has 22 heavy (non-hydrogen) atoms. The molecule has 1 atom stereocenters. The average molecular weight is 296 g/mol. The van der Waals surface area contributed by atoms with Crippen LogP contribution in [0.3, 0.4) is 0 Å². The van der Waals surface area contributed by atoms with Gasteiger partial charge < -0.3 is 0 Å². The minimum absolute atomic E-state index is 0.0176. The lowest BCUT2D eigenvalue weighted by atomic mass is 9.65. The van der Waals surface area contributed by atoms with Crippen LogP contribution in [0.5, 0.6) is 0 Å². The lowest BCUT2D eigenvalue weighted by Crippen LogP contribution is -2.37. The van der Waals surface area contributed by atoms with E-state index in [0.717, 1.165) is 23.3 Å². The highest BCUT2D eigenvalue weighted by atomic mass is 19.1. The third-order valence-electron chi connectivity index (χ3n) is 5.34. The van der Waals surface area contributed by atoms with Crippen LogP contribution in [0.25, 0.3) is 11.3 Å². The summed E-state index contributed by atoms with van der Waals surface area (Å²) in [5.41, 5.74) is 4.11. The van der Waals surface area contributed by atoms with Crippen molar-refractivity contribution in [3.63, 3.8) is 0 Å². The molecule has 0 aliphatic heterocycles. The van der Waals surface area contributed by atoms with Gasteiger partial charge in [-0.1, -0.05) is 38.1 Å². The van der Waals surface area contributed by atoms with Crippen LogP contribution in [-0.2, 0) is 11.8 Å². The molecule has 2 nitrogen and oxygen atoms in total. The summed E-state index contributed by atoms with van der Waals surface area (Å²) in [6, 6.07) is 8.67. The number of benzene rings is 1. The molecular formula is C19H21FN2. The van der Waals surface area contributed by atoms with Crippen molar-refractivity contribution in [1.82, 2.24) is 10.2 Å². The van der Waals surface area contributed by atoms with Crippen LogP contribution in [0, 0.1) is 11.2 Å². The van der Waals surface area contributed by atoms with Gasteiger partial charge in [-0.25, -0.2) is 4.39 Å². The van der Waals surface area contributed by atoms with E-state index in [1.165, 1.54) is 6.07 Å². The van der Waals surface area contributed by atoms with Gasteiger partial charge in [0.15, 0.2) is 0 Å². The zero-order valence-electron chi connectivity index (χ0n) is 13.6. The smallest absolute Gasteiger partial charge is 0.132 e. The summed E-state index contributed by atoms with van der Waals surface area (Å²) in [7, 11) is 0. The molecule has 1 aromatic carbocycles. The first-order valence-electron chi connectivity index (χ1n) is 7.55. The van der Waals surface area contributed by atoms with Crippen molar-refractivity contribution in [3.05, 3.63) is 59.6 Å². The molecule has 3 rings (SSSR count). The fourth-order valence-corrected chi connectivity index (χ4v) is 3.54. The monoisotopic (exact) mass is 296 g/mol. The SMILES string of the molecule is C=C(C)C1(C)c2nnc(-c3ccccc3F)cc2CC1(C)C. The number of nitrogens with zero attached hydrogens (tertiary/aromatic N) is 2. The number of hydrogen-bond acceptors (Lipinski definition) is 2. The number of halogens is 1. The van der Waals surface area contributed by atoms with E-state index >= 15 is 0 Å². The van der Waals surface area contributed by atoms with Crippen LogP contribution in [-0.4, -0.2) is 10.2 Å². The van der Waals surface area contributed by atoms with Gasteiger partial charge >= 0.3 is 0 Å². The Labute approximate surface area is 131 Å². The molecule has 0 saturated carbocycles. The van der Waals surface area contributed by atoms with Gasteiger partial charge in [0.2, 0.25) is 0 Å². The Morgan fingerprint density at radius 3 is 2.50 bits per heavy atom. The Hall–Kier alpha value is -2.03. The Kier molecular flexibility index (Phi) is 3.20. The predicted molar refractivity (Wildman–Crippen MR) is 87.1 cm³/mol. The topological polar surface area (TPSA) is 25.8 Å². The van der Waals surface area contributed by atoms with Gasteiger partial charge in [0, 0.05) is 11.0 Å². The highest BCUT2D eigenvalue weighted by Crippen LogP contribution is 2.54. The van der Waals surface area contributed by atoms with E-state index in [9.17, 15) is 4.39 Å². The second kappa shape index (κ2) is 4.73. The van der Waals surface area contributed by atoms with Crippen molar-refractivity contribution in [2.24, 2.45) is 5.41 Å². The zero-order chi connectivity index (χ0) is 16.1. The van der Waals surface area contributed by atoms with Gasteiger partial charge in [0.25, 0.3) is 0 Å². The summed E-state index contributed by atoms with van der Waals surface area (Å²) in [5, 5.41) is 8.76. The van der Waals surface area contributed by atoms with Crippen LogP contribution in [0.2, 0.25) is 0 Å². The summed E-state index contributed by atoms with van der Waals surface area (Å²) >= 11 is 0. The lowest BCUT2D eigenvalue weighted by molar-refractivity contribution is 0.239. The Bertz CT molecular complexity index is 764. The first kappa shape index (κ1) is 14.9. The summed E-state index contributed by atoms with van der Waals surface area (Å²) in [5.74, 6) is -0.267. The van der Waals surface area contributed by atoms with Gasteiger partial charge in [0.05, 0.1) is 11.4 Å². The van der Waals surface area contributed by atoms with Gasteiger partial charge in [0.1, 0.15) is 5.82 Å². The summed E-state index contributed by atoms with van der Waals surface area (Å²) in [6.07, 6.45) is 0.892. The molecule has 1 heterocycles. The number of rotatable bonds is 2. The third kappa shape index (κ3) is 1.92. The van der Waals surface area contributed by atoms with Crippen LogP contribution in [0.4, 0.5) is 4.39 Å². The molecule has 1 unspecified atom stereocenters. The van der Waals surface area contributed by atoms with Crippen molar-refractivity contribution >= 4 is 0 Å². The highest BCUT2D eigenvalue weighted by Gasteiger charge is 2.51. The minimum Gasteiger partial charge on any atom is -0.206 e. The molecule has 0 fully saturated rings. The second-order valence-corrected chi connectivity index (χ2v) is 7.05. The Balaban J connectivity index is 2.16. The zero-order valence-corrected chi connectivity index (χ0v) is 13.6. The van der Waals surface area contributed by atoms with E-state index in [1.54, 1.807) is 12.1 Å². The second-order valence-electron chi connectivity index (χ2n) is 7.05. The van der Waals surface area contributed by atoms with Crippen LogP contribution in [0.1, 0.15) is 39.0 Å². The molecule has 0 N–H and O–H groups in total. The molecule has 0 amide bonds. The first-order valence-corrected chi connectivity index (χ1v) is 7.55. The van der Waals surface area contributed by atoms with Gasteiger partial charge in [-0.15, -0.1) is 0 Å². The van der Waals surface area contributed by atoms with Crippen LogP contribution in [0.15, 0.2) is 42.5 Å². The normalized spacial score (nSPS) is 22.4. The molecule has 0 radical (unpaired) electrons. The van der Waals surface area contributed by atoms with E-state index in [1.807, 2.05) is 19.1 Å². The number of allylic oxidation sites excluding steroid dienone is 1. The number of hydrogen-bond donors (Lipinski definition) is 0. The first-order chi connectivity index (χ1) is 10.3. The van der Waals surface area contributed by atoms with Crippen molar-refractivity contribution in [3.8, 4) is 11.3 Å². The predicted octanol–water partition coefficient (Wildman–Crippen LogP) is 4.70. The maximum atomic E-state index is 14.0. The Morgan fingerprint density at radius 2 is 1.86 bits per heavy atom. The Morgan fingerprint density at radius 1 is 1.18 bits per heavy atom. The van der Waals surface area contributed by atoms with Crippen molar-refractivity contribution in [2.45, 2.75) is 39.5 Å². The van der Waals surface area contributed by atoms with Crippen molar-refractivity contribution in [2.75, 3.05) is 0 Å². The number of fused-ring (bicyclic) bond motifs is 1. The molecule has 114 valence electrons. The largest absolute Gasteiger partial charge is 0.206 e. The van der Waals surface area contributed by atoms with E-state index in [2.05, 4.69) is 37.5 Å². The van der Waals surface area contributed by atoms with E-state index in [0.29, 0.717) is 11.3 Å². The maximum absolute atomic E-state index is 14.0. The summed E-state index contributed by atoms with van der Waals surface area (Å²) < 4.78 is 14.0. The molecule has 2 aromatic rings. The quantitative estimate of drug-likeness (QED) is 0.751. The van der Waals surface area contributed by atoms with Gasteiger partial charge in [-0.2, -0.15) is 10.2 Å². The third-order valence-corrected chi connectivity index (χ3v) is 5.34. The molecule has 0 saturated heterocycles. The highest BCUT2D eigenvalue weighted by molar-refractivity contribution is 5.61. The van der Waals surface area contributed by atoms with E-state index in [-0.39, 0.29) is 16.6 Å². The molecule has 1 aliphatic rings. The van der Waals surface area contributed by atoms with Crippen molar-refractivity contribution < 1.29 is 4.39 Å². The summed E-state index contributed by atoms with van der Waals surface area (Å²) in [6.45, 7) is 12.9. The average Bonchev–Trinajstić information content (AvgIpc) is 2.66. The fourth-order valence-electron chi connectivity index (χ4n) is 3.54. The van der Waals surface area contributed by atoms with E-state index < -0.39 is 0 Å². The maximum Gasteiger partial charge on any atom is 0.132 e. The molecule has 1 aliphatic carbocycles. The molecule has 0 bridgehead atoms. The fraction of sp³-hybridized carbons (Fsp3) is 0.368. The molecule has 0 spiro atoms. The molecule has 1 aromatic heterocycles. The van der Waals surface area contributed by atoms with Gasteiger partial charge in [-0.3, -0.25) is 0 Å². The standard InChI is InChI=1S/C19H21FN2/c1-12(2)19(5)17-13(11-18(19,3)4)10-16(21-22-17)14-8-6-7-9-15(14)20/h6-10H,1,11H2,2-5H3. The van der Waals surface area contributed by atoms with Crippen LogP contribution >= 0.6 is 0 Å². The van der Waals surface area contributed by atoms with Crippen molar-refractivity contribution in [1.29, 1.82) is 0 Å². The molecule has 3 heteroatoms.